The Kier molecular flexibility index (Phi) is 4.90. The minimum absolute atomic E-state index is 0.00678. The Morgan fingerprint density at radius 3 is 2.38 bits per heavy atom. The van der Waals surface area contributed by atoms with Crippen LogP contribution in [0.4, 0.5) is 5.69 Å². The lowest BCUT2D eigenvalue weighted by Gasteiger charge is -2.24. The van der Waals surface area contributed by atoms with Gasteiger partial charge in [-0.15, -0.1) is 0 Å². The van der Waals surface area contributed by atoms with Crippen LogP contribution >= 0.6 is 15.9 Å². The molecule has 0 aromatic heterocycles. The first-order valence-electron chi connectivity index (χ1n) is 7.67. The summed E-state index contributed by atoms with van der Waals surface area (Å²) in [6.07, 6.45) is 2.02. The molecule has 0 aliphatic heterocycles. The zero-order chi connectivity index (χ0) is 17.1. The molecule has 0 heterocycles. The minimum atomic E-state index is -0.830. The number of hydrogen-bond donors (Lipinski definition) is 1. The Hall–Kier alpha value is -2.27. The number of carbonyl (C=O) groups is 2. The largest absolute Gasteiger partial charge is 0.506 e. The van der Waals surface area contributed by atoms with Crippen molar-refractivity contribution in [2.45, 2.75) is 18.8 Å². The van der Waals surface area contributed by atoms with Gasteiger partial charge in [0.15, 0.2) is 0 Å². The number of halogens is 1. The number of phenols is 1. The Morgan fingerprint density at radius 1 is 1.04 bits per heavy atom. The van der Waals surface area contributed by atoms with Gasteiger partial charge in [-0.05, 0) is 29.7 Å². The van der Waals surface area contributed by atoms with Gasteiger partial charge in [0.05, 0.1) is 0 Å². The van der Waals surface area contributed by atoms with Crippen LogP contribution < -0.4 is 0 Å². The van der Waals surface area contributed by atoms with Gasteiger partial charge in [0.2, 0.25) is 0 Å². The molecule has 0 amide bonds. The molecular weight excluding hydrogens is 370 g/mol. The fourth-order valence-corrected chi connectivity index (χ4v) is 3.22. The van der Waals surface area contributed by atoms with E-state index in [9.17, 15) is 14.7 Å². The summed E-state index contributed by atoms with van der Waals surface area (Å²) < 4.78 is 0.762. The molecule has 1 N–H and O–H groups in total. The van der Waals surface area contributed by atoms with Crippen molar-refractivity contribution in [3.05, 3.63) is 58.6 Å². The predicted molar refractivity (Wildman–Crippen MR) is 95.9 cm³/mol. The lowest BCUT2D eigenvalue weighted by Crippen LogP contribution is -2.33. The van der Waals surface area contributed by atoms with Crippen LogP contribution in [-0.2, 0) is 9.59 Å². The molecule has 0 bridgehead atoms. The van der Waals surface area contributed by atoms with Crippen molar-refractivity contribution >= 4 is 39.4 Å². The molecule has 1 fully saturated rings. The zero-order valence-electron chi connectivity index (χ0n) is 12.9. The molecular formula is C19H16BrNO3. The van der Waals surface area contributed by atoms with Crippen LogP contribution in [0.25, 0.3) is 0 Å². The third kappa shape index (κ3) is 3.62. The number of aliphatic imine (C=N–C) groups is 1. The maximum absolute atomic E-state index is 12.4. The first-order chi connectivity index (χ1) is 11.5. The number of benzene rings is 2. The molecule has 1 saturated carbocycles. The quantitative estimate of drug-likeness (QED) is 0.636. The number of carbonyl (C=O) groups excluding carboxylic acids is 2. The molecule has 0 radical (unpaired) electrons. The van der Waals surface area contributed by atoms with E-state index in [1.165, 1.54) is 12.3 Å². The van der Waals surface area contributed by atoms with E-state index < -0.39 is 5.92 Å². The predicted octanol–water partition coefficient (Wildman–Crippen LogP) is 4.19. The second-order valence-electron chi connectivity index (χ2n) is 5.84. The molecule has 1 aliphatic carbocycles. The Labute approximate surface area is 148 Å². The number of aromatic hydroxyl groups is 1. The summed E-state index contributed by atoms with van der Waals surface area (Å²) in [5.74, 6) is -1.14. The summed E-state index contributed by atoms with van der Waals surface area (Å²) in [4.78, 5) is 28.9. The van der Waals surface area contributed by atoms with Gasteiger partial charge in [-0.25, -0.2) is 0 Å². The Morgan fingerprint density at radius 2 is 1.71 bits per heavy atom. The van der Waals surface area contributed by atoms with E-state index >= 15 is 0 Å². The van der Waals surface area contributed by atoms with Crippen LogP contribution in [0.2, 0.25) is 0 Å². The molecule has 2 aromatic rings. The van der Waals surface area contributed by atoms with E-state index in [1.807, 2.05) is 30.3 Å². The van der Waals surface area contributed by atoms with Gasteiger partial charge in [0, 0.05) is 23.5 Å². The van der Waals surface area contributed by atoms with Crippen molar-refractivity contribution in [3.63, 3.8) is 0 Å². The Balaban J connectivity index is 1.76. The molecule has 1 aliphatic rings. The van der Waals surface area contributed by atoms with E-state index in [0.717, 1.165) is 10.0 Å². The van der Waals surface area contributed by atoms with Crippen molar-refractivity contribution in [1.29, 1.82) is 0 Å². The molecule has 2 aromatic carbocycles. The molecule has 0 unspecified atom stereocenters. The highest BCUT2D eigenvalue weighted by Crippen LogP contribution is 2.33. The topological polar surface area (TPSA) is 66.7 Å². The van der Waals surface area contributed by atoms with Crippen LogP contribution in [0.3, 0.4) is 0 Å². The standard InChI is InChI=1S/C19H16BrNO3/c20-14-6-7-17(22)16(10-14)21-11-15-18(23)8-13(9-19(15)24)12-4-2-1-3-5-12/h1-7,10-11,13,15,22H,8-9H2. The van der Waals surface area contributed by atoms with Crippen molar-refractivity contribution in [2.75, 3.05) is 0 Å². The summed E-state index contributed by atoms with van der Waals surface area (Å²) in [5.41, 5.74) is 1.34. The van der Waals surface area contributed by atoms with Crippen LogP contribution in [0.5, 0.6) is 5.75 Å². The number of nitrogens with zero attached hydrogens (tertiary/aromatic N) is 1. The molecule has 3 rings (SSSR count). The van der Waals surface area contributed by atoms with Gasteiger partial charge in [-0.2, -0.15) is 0 Å². The second-order valence-corrected chi connectivity index (χ2v) is 6.75. The fraction of sp³-hybridized carbons (Fsp3) is 0.211. The summed E-state index contributed by atoms with van der Waals surface area (Å²) in [6, 6.07) is 14.5. The highest BCUT2D eigenvalue weighted by atomic mass is 79.9. The molecule has 0 atom stereocenters. The average Bonchev–Trinajstić information content (AvgIpc) is 2.57. The van der Waals surface area contributed by atoms with E-state index in [0.29, 0.717) is 18.5 Å². The highest BCUT2D eigenvalue weighted by Gasteiger charge is 2.34. The van der Waals surface area contributed by atoms with Crippen LogP contribution in [0.1, 0.15) is 24.3 Å². The molecule has 122 valence electrons. The van der Waals surface area contributed by atoms with Gasteiger partial charge < -0.3 is 5.11 Å². The minimum Gasteiger partial charge on any atom is -0.506 e. The van der Waals surface area contributed by atoms with Crippen LogP contribution in [0.15, 0.2) is 58.0 Å². The summed E-state index contributed by atoms with van der Waals surface area (Å²) in [7, 11) is 0. The number of ketones is 2. The number of hydrogen-bond acceptors (Lipinski definition) is 4. The molecule has 0 spiro atoms. The van der Waals surface area contributed by atoms with Gasteiger partial charge >= 0.3 is 0 Å². The van der Waals surface area contributed by atoms with Crippen LogP contribution in [-0.4, -0.2) is 22.9 Å². The van der Waals surface area contributed by atoms with Crippen molar-refractivity contribution in [3.8, 4) is 5.75 Å². The summed E-state index contributed by atoms with van der Waals surface area (Å²) in [5, 5.41) is 9.78. The normalized spacial score (nSPS) is 21.4. The third-order valence-electron chi connectivity index (χ3n) is 4.16. The average molecular weight is 386 g/mol. The zero-order valence-corrected chi connectivity index (χ0v) is 14.4. The van der Waals surface area contributed by atoms with E-state index in [2.05, 4.69) is 20.9 Å². The summed E-state index contributed by atoms with van der Waals surface area (Å²) >= 11 is 3.30. The van der Waals surface area contributed by atoms with Gasteiger partial charge in [-0.3, -0.25) is 14.6 Å². The fourth-order valence-electron chi connectivity index (χ4n) is 2.87. The van der Waals surface area contributed by atoms with Gasteiger partial charge in [0.25, 0.3) is 0 Å². The van der Waals surface area contributed by atoms with E-state index in [4.69, 9.17) is 0 Å². The maximum Gasteiger partial charge on any atom is 0.149 e. The number of phenolic OH excluding ortho intramolecular Hbond substituents is 1. The smallest absolute Gasteiger partial charge is 0.149 e. The molecule has 24 heavy (non-hydrogen) atoms. The monoisotopic (exact) mass is 385 g/mol. The van der Waals surface area contributed by atoms with Crippen molar-refractivity contribution in [2.24, 2.45) is 10.9 Å². The van der Waals surface area contributed by atoms with Crippen molar-refractivity contribution < 1.29 is 14.7 Å². The maximum atomic E-state index is 12.4. The van der Waals surface area contributed by atoms with Crippen molar-refractivity contribution in [1.82, 2.24) is 0 Å². The molecule has 4 nitrogen and oxygen atoms in total. The SMILES string of the molecule is O=C1CC(c2ccccc2)CC(=O)C1C=Nc1cc(Br)ccc1O. The molecule has 0 saturated heterocycles. The lowest BCUT2D eigenvalue weighted by molar-refractivity contribution is -0.133. The first-order valence-corrected chi connectivity index (χ1v) is 8.47. The lowest BCUT2D eigenvalue weighted by atomic mass is 9.77. The highest BCUT2D eigenvalue weighted by molar-refractivity contribution is 9.10. The number of rotatable bonds is 3. The van der Waals surface area contributed by atoms with Crippen LogP contribution in [0, 0.1) is 5.92 Å². The van der Waals surface area contributed by atoms with Gasteiger partial charge in [-0.1, -0.05) is 46.3 Å². The Bertz CT molecular complexity index is 784. The third-order valence-corrected chi connectivity index (χ3v) is 4.65. The second kappa shape index (κ2) is 7.09. The molecule has 5 heteroatoms. The van der Waals surface area contributed by atoms with E-state index in [-0.39, 0.29) is 23.2 Å². The summed E-state index contributed by atoms with van der Waals surface area (Å²) in [6.45, 7) is 0. The van der Waals surface area contributed by atoms with E-state index in [1.54, 1.807) is 12.1 Å². The van der Waals surface area contributed by atoms with Gasteiger partial charge in [0.1, 0.15) is 28.9 Å². The number of Topliss-reactive ketones (excluding diaryl/α,β-unsaturated/α-hetero) is 2. The first kappa shape index (κ1) is 16.6.